The molecular formula is C25H30F2INO3. The number of hydrogen-bond acceptors (Lipinski definition) is 3. The van der Waals surface area contributed by atoms with Crippen LogP contribution in [0.2, 0.25) is 0 Å². The monoisotopic (exact) mass is 557 g/mol. The molecule has 7 heteroatoms. The largest absolute Gasteiger partial charge is 0.480 e. The molecule has 1 saturated heterocycles. The van der Waals surface area contributed by atoms with Crippen LogP contribution < -0.4 is 5.32 Å². The first-order valence-corrected chi connectivity index (χ1v) is 12.1. The summed E-state index contributed by atoms with van der Waals surface area (Å²) in [7, 11) is 0. The van der Waals surface area contributed by atoms with E-state index in [0.717, 1.165) is 30.4 Å². The summed E-state index contributed by atoms with van der Waals surface area (Å²) in [6, 6.07) is 15.1. The summed E-state index contributed by atoms with van der Waals surface area (Å²) in [5, 5.41) is 11.8. The maximum Gasteiger partial charge on any atom is 0.321 e. The predicted octanol–water partition coefficient (Wildman–Crippen LogP) is 6.18. The molecule has 32 heavy (non-hydrogen) atoms. The van der Waals surface area contributed by atoms with Crippen molar-refractivity contribution in [3.05, 3.63) is 70.8 Å². The molecule has 2 aromatic carbocycles. The number of carboxylic acid groups (broad SMARTS) is 1. The van der Waals surface area contributed by atoms with Crippen molar-refractivity contribution in [1.82, 2.24) is 5.32 Å². The van der Waals surface area contributed by atoms with Gasteiger partial charge in [0.15, 0.2) is 0 Å². The first kappa shape index (κ1) is 25.1. The molecule has 1 aliphatic rings. The summed E-state index contributed by atoms with van der Waals surface area (Å²) in [4.78, 5) is 10.9. The molecular weight excluding hydrogens is 527 g/mol. The second-order valence-corrected chi connectivity index (χ2v) is 9.79. The molecule has 0 spiro atoms. The molecule has 1 heterocycles. The third-order valence-corrected chi connectivity index (χ3v) is 6.92. The van der Waals surface area contributed by atoms with Gasteiger partial charge in [-0.1, -0.05) is 49.4 Å². The Balaban J connectivity index is 1.95. The molecule has 1 aliphatic heterocycles. The van der Waals surface area contributed by atoms with Gasteiger partial charge in [-0.3, -0.25) is 4.79 Å². The lowest BCUT2D eigenvalue weighted by Gasteiger charge is -2.41. The van der Waals surface area contributed by atoms with Crippen LogP contribution in [0, 0.1) is 12.8 Å². The number of alkyl halides is 3. The molecule has 4 nitrogen and oxygen atoms in total. The van der Waals surface area contributed by atoms with Crippen LogP contribution in [-0.4, -0.2) is 30.3 Å². The summed E-state index contributed by atoms with van der Waals surface area (Å²) in [5.41, 5.74) is 2.91. The number of aryl methyl sites for hydroxylation is 1. The number of benzene rings is 2. The van der Waals surface area contributed by atoms with Crippen molar-refractivity contribution in [3.8, 4) is 0 Å². The van der Waals surface area contributed by atoms with Crippen molar-refractivity contribution in [2.75, 3.05) is 13.1 Å². The van der Waals surface area contributed by atoms with Gasteiger partial charge in [0.05, 0.1) is 18.8 Å². The van der Waals surface area contributed by atoms with E-state index >= 15 is 0 Å². The first-order valence-electron chi connectivity index (χ1n) is 11.0. The zero-order valence-electron chi connectivity index (χ0n) is 18.4. The Morgan fingerprint density at radius 2 is 1.97 bits per heavy atom. The van der Waals surface area contributed by atoms with Crippen LogP contribution in [0.1, 0.15) is 60.5 Å². The fraction of sp³-hybridized carbons (Fsp3) is 0.480. The Bertz CT molecular complexity index is 904. The summed E-state index contributed by atoms with van der Waals surface area (Å²) >= 11 is 1.17. The van der Waals surface area contributed by atoms with Gasteiger partial charge in [0.1, 0.15) is 0 Å². The van der Waals surface area contributed by atoms with E-state index in [1.165, 1.54) is 34.2 Å². The third-order valence-electron chi connectivity index (χ3n) is 6.30. The fourth-order valence-electron chi connectivity index (χ4n) is 4.72. The molecule has 0 radical (unpaired) electrons. The highest BCUT2D eigenvalue weighted by atomic mass is 127. The number of carboxylic acids is 1. The van der Waals surface area contributed by atoms with Crippen LogP contribution in [0.4, 0.5) is 8.78 Å². The van der Waals surface area contributed by atoms with Crippen LogP contribution in [0.5, 0.6) is 0 Å². The summed E-state index contributed by atoms with van der Waals surface area (Å²) < 4.78 is 31.8. The van der Waals surface area contributed by atoms with E-state index in [-0.39, 0.29) is 36.2 Å². The van der Waals surface area contributed by atoms with Crippen molar-refractivity contribution < 1.29 is 23.4 Å². The molecule has 0 amide bonds. The summed E-state index contributed by atoms with van der Waals surface area (Å²) in [5.74, 6) is -0.551. The molecule has 2 aromatic rings. The van der Waals surface area contributed by atoms with Gasteiger partial charge in [0.25, 0.3) is 0 Å². The second-order valence-electron chi connectivity index (χ2n) is 8.44. The molecule has 0 bridgehead atoms. The van der Waals surface area contributed by atoms with Crippen LogP contribution in [0.15, 0.2) is 48.5 Å². The van der Waals surface area contributed by atoms with Gasteiger partial charge in [-0.05, 0) is 60.8 Å². The maximum absolute atomic E-state index is 14.1. The van der Waals surface area contributed by atoms with Gasteiger partial charge in [-0.2, -0.15) is 8.78 Å². The fourth-order valence-corrected chi connectivity index (χ4v) is 5.06. The number of ether oxygens (including phenoxy) is 1. The molecule has 0 saturated carbocycles. The predicted molar refractivity (Wildman–Crippen MR) is 129 cm³/mol. The van der Waals surface area contributed by atoms with Gasteiger partial charge >= 0.3 is 9.90 Å². The van der Waals surface area contributed by atoms with E-state index in [1.807, 2.05) is 25.1 Å². The molecule has 3 rings (SSSR count). The Labute approximate surface area is 201 Å². The van der Waals surface area contributed by atoms with E-state index in [9.17, 15) is 13.6 Å². The lowest BCUT2D eigenvalue weighted by molar-refractivity contribution is -0.136. The molecule has 0 unspecified atom stereocenters. The van der Waals surface area contributed by atoms with Gasteiger partial charge in [0, 0.05) is 34.7 Å². The highest BCUT2D eigenvalue weighted by Gasteiger charge is 2.39. The highest BCUT2D eigenvalue weighted by Crippen LogP contribution is 2.47. The smallest absolute Gasteiger partial charge is 0.321 e. The van der Waals surface area contributed by atoms with Crippen LogP contribution in [0.25, 0.3) is 0 Å². The van der Waals surface area contributed by atoms with Crippen molar-refractivity contribution in [1.29, 1.82) is 0 Å². The summed E-state index contributed by atoms with van der Waals surface area (Å²) in [6.07, 6.45) is 2.06. The van der Waals surface area contributed by atoms with Crippen molar-refractivity contribution >= 4 is 28.6 Å². The molecule has 1 fully saturated rings. The lowest BCUT2D eigenvalue weighted by Crippen LogP contribution is -2.39. The number of aliphatic carboxylic acids is 1. The minimum absolute atomic E-state index is 0.0278. The molecule has 4 atom stereocenters. The number of carbonyl (C=O) groups is 1. The zero-order chi connectivity index (χ0) is 23.3. The van der Waals surface area contributed by atoms with Gasteiger partial charge < -0.3 is 15.2 Å². The molecule has 2 N–H and O–H groups in total. The first-order chi connectivity index (χ1) is 15.2. The van der Waals surface area contributed by atoms with E-state index in [2.05, 4.69) is 24.4 Å². The minimum atomic E-state index is -2.96. The van der Waals surface area contributed by atoms with E-state index < -0.39 is 9.90 Å². The van der Waals surface area contributed by atoms with E-state index in [4.69, 9.17) is 9.84 Å². The van der Waals surface area contributed by atoms with E-state index in [0.29, 0.717) is 6.54 Å². The minimum Gasteiger partial charge on any atom is -0.480 e. The van der Waals surface area contributed by atoms with Crippen LogP contribution in [0.3, 0.4) is 0 Å². The highest BCUT2D eigenvalue weighted by molar-refractivity contribution is 14.1. The Morgan fingerprint density at radius 3 is 2.59 bits per heavy atom. The Kier molecular flexibility index (Phi) is 8.63. The Hall–Kier alpha value is -1.58. The van der Waals surface area contributed by atoms with Crippen molar-refractivity contribution in [2.24, 2.45) is 5.92 Å². The number of hydrogen-bond donors (Lipinski definition) is 2. The normalized spacial score (nSPS) is 22.5. The molecule has 0 aromatic heterocycles. The summed E-state index contributed by atoms with van der Waals surface area (Å²) in [6.45, 7) is 4.36. The number of rotatable bonds is 9. The van der Waals surface area contributed by atoms with E-state index in [1.54, 1.807) is 12.1 Å². The SMILES string of the molecule is CC[C@@H](c1ccccc1)[C@@H]1CC[C@H](CNCC(=O)O)O[C@@H]1c1cc(C(F)(F)I)ccc1C. The lowest BCUT2D eigenvalue weighted by atomic mass is 9.73. The average molecular weight is 557 g/mol. The Morgan fingerprint density at radius 1 is 1.25 bits per heavy atom. The van der Waals surface area contributed by atoms with Gasteiger partial charge in [0.2, 0.25) is 0 Å². The van der Waals surface area contributed by atoms with Gasteiger partial charge in [-0.25, -0.2) is 0 Å². The van der Waals surface area contributed by atoms with Gasteiger partial charge in [-0.15, -0.1) is 0 Å². The quantitative estimate of drug-likeness (QED) is 0.286. The van der Waals surface area contributed by atoms with Crippen molar-refractivity contribution in [3.63, 3.8) is 0 Å². The molecule has 174 valence electrons. The van der Waals surface area contributed by atoms with Crippen LogP contribution >= 0.6 is 22.6 Å². The average Bonchev–Trinajstić information content (AvgIpc) is 2.75. The second kappa shape index (κ2) is 11.0. The standard InChI is InChI=1S/C25H30F2INO3/c1-3-20(17-7-5-4-6-8-17)21-12-11-19(14-29-15-23(30)31)32-24(21)22-13-18(25(26,27)28)10-9-16(22)2/h4-10,13,19-21,24,29H,3,11-12,14-15H2,1-2H3,(H,30,31)/t19-,20+,21+,24+/m1/s1. The number of nitrogens with one attached hydrogen (secondary N) is 1. The van der Waals surface area contributed by atoms with Crippen molar-refractivity contribution in [2.45, 2.75) is 55.2 Å². The van der Waals surface area contributed by atoms with Crippen LogP contribution in [-0.2, 0) is 13.5 Å². The third kappa shape index (κ3) is 6.26. The number of halogens is 3. The molecule has 0 aliphatic carbocycles. The zero-order valence-corrected chi connectivity index (χ0v) is 20.5. The maximum atomic E-state index is 14.1. The topological polar surface area (TPSA) is 58.6 Å².